The number of benzene rings is 1. The second-order valence-electron chi connectivity index (χ2n) is 4.37. The summed E-state index contributed by atoms with van der Waals surface area (Å²) in [4.78, 5) is 12.1. The van der Waals surface area contributed by atoms with Crippen LogP contribution in [0.4, 0.5) is 5.69 Å². The van der Waals surface area contributed by atoms with Crippen molar-refractivity contribution in [3.05, 3.63) is 46.8 Å². The van der Waals surface area contributed by atoms with Crippen LogP contribution in [-0.2, 0) is 10.0 Å². The summed E-state index contributed by atoms with van der Waals surface area (Å²) in [5, 5.41) is 2.66. The van der Waals surface area contributed by atoms with Gasteiger partial charge in [-0.05, 0) is 46.3 Å². The third-order valence-corrected chi connectivity index (χ3v) is 5.20. The molecule has 0 atom stereocenters. The van der Waals surface area contributed by atoms with E-state index in [4.69, 9.17) is 4.42 Å². The lowest BCUT2D eigenvalue weighted by Crippen LogP contribution is -2.22. The molecule has 0 saturated heterocycles. The van der Waals surface area contributed by atoms with Crippen molar-refractivity contribution in [3.63, 3.8) is 0 Å². The quantitative estimate of drug-likeness (QED) is 0.893. The Morgan fingerprint density at radius 2 is 1.81 bits per heavy atom. The zero-order chi connectivity index (χ0) is 15.6. The van der Waals surface area contributed by atoms with Gasteiger partial charge in [0.05, 0.1) is 16.7 Å². The van der Waals surface area contributed by atoms with Gasteiger partial charge < -0.3 is 9.73 Å². The fourth-order valence-corrected chi connectivity index (χ4v) is 2.90. The van der Waals surface area contributed by atoms with Crippen molar-refractivity contribution in [2.24, 2.45) is 0 Å². The molecule has 2 rings (SSSR count). The van der Waals surface area contributed by atoms with Crippen LogP contribution >= 0.6 is 15.9 Å². The topological polar surface area (TPSA) is 79.6 Å². The molecule has 0 radical (unpaired) electrons. The maximum absolute atomic E-state index is 12.0. The number of anilines is 1. The van der Waals surface area contributed by atoms with Gasteiger partial charge in [-0.2, -0.15) is 0 Å². The van der Waals surface area contributed by atoms with E-state index in [0.717, 1.165) is 4.31 Å². The van der Waals surface area contributed by atoms with E-state index in [2.05, 4.69) is 21.2 Å². The van der Waals surface area contributed by atoms with Crippen molar-refractivity contribution in [1.29, 1.82) is 0 Å². The zero-order valence-electron chi connectivity index (χ0n) is 11.3. The average molecular weight is 373 g/mol. The monoisotopic (exact) mass is 372 g/mol. The second kappa shape index (κ2) is 6.00. The molecule has 0 unspecified atom stereocenters. The number of carbonyl (C=O) groups excluding carboxylic acids is 1. The van der Waals surface area contributed by atoms with Crippen molar-refractivity contribution in [2.45, 2.75) is 4.90 Å². The Morgan fingerprint density at radius 1 is 1.19 bits per heavy atom. The van der Waals surface area contributed by atoms with Gasteiger partial charge in [-0.3, -0.25) is 4.79 Å². The first-order valence-corrected chi connectivity index (χ1v) is 8.12. The lowest BCUT2D eigenvalue weighted by molar-refractivity contribution is 0.102. The van der Waals surface area contributed by atoms with Crippen LogP contribution in [0.25, 0.3) is 0 Å². The molecular weight excluding hydrogens is 360 g/mol. The highest BCUT2D eigenvalue weighted by Crippen LogP contribution is 2.20. The van der Waals surface area contributed by atoms with Gasteiger partial charge in [0.2, 0.25) is 10.0 Å². The van der Waals surface area contributed by atoms with E-state index >= 15 is 0 Å². The Balaban J connectivity index is 2.17. The van der Waals surface area contributed by atoms with Crippen LogP contribution in [0.2, 0.25) is 0 Å². The molecule has 6 nitrogen and oxygen atoms in total. The van der Waals surface area contributed by atoms with Gasteiger partial charge in [0.25, 0.3) is 5.91 Å². The number of carbonyl (C=O) groups is 1. The van der Waals surface area contributed by atoms with E-state index in [1.165, 1.54) is 50.7 Å². The molecule has 0 aliphatic rings. The Hall–Kier alpha value is -1.64. The molecule has 1 heterocycles. The molecule has 0 spiro atoms. The van der Waals surface area contributed by atoms with Gasteiger partial charge in [0, 0.05) is 19.8 Å². The molecule has 112 valence electrons. The molecule has 21 heavy (non-hydrogen) atoms. The number of nitrogens with one attached hydrogen (secondary N) is 1. The molecule has 1 N–H and O–H groups in total. The molecule has 0 aliphatic carbocycles. The Labute approximate surface area is 130 Å². The van der Waals surface area contributed by atoms with Crippen molar-refractivity contribution in [1.82, 2.24) is 4.31 Å². The molecule has 2 aromatic rings. The van der Waals surface area contributed by atoms with E-state index < -0.39 is 10.0 Å². The van der Waals surface area contributed by atoms with Crippen LogP contribution in [0.1, 0.15) is 10.4 Å². The van der Waals surface area contributed by atoms with Gasteiger partial charge in [0.15, 0.2) is 4.67 Å². The van der Waals surface area contributed by atoms with Crippen LogP contribution in [0, 0.1) is 0 Å². The number of nitrogens with zero attached hydrogens (tertiary/aromatic N) is 1. The van der Waals surface area contributed by atoms with Crippen molar-refractivity contribution in [3.8, 4) is 0 Å². The number of rotatable bonds is 4. The minimum Gasteiger partial charge on any atom is -0.457 e. The summed E-state index contributed by atoms with van der Waals surface area (Å²) < 4.78 is 30.3. The van der Waals surface area contributed by atoms with Crippen molar-refractivity contribution >= 4 is 37.5 Å². The predicted octanol–water partition coefficient (Wildman–Crippen LogP) is 2.54. The van der Waals surface area contributed by atoms with Gasteiger partial charge in [-0.25, -0.2) is 12.7 Å². The van der Waals surface area contributed by atoms with E-state index in [9.17, 15) is 13.2 Å². The summed E-state index contributed by atoms with van der Waals surface area (Å²) >= 11 is 3.12. The Bertz CT molecular complexity index is 751. The van der Waals surface area contributed by atoms with Crippen LogP contribution in [0.3, 0.4) is 0 Å². The summed E-state index contributed by atoms with van der Waals surface area (Å²) in [5.74, 6) is -0.348. The smallest absolute Gasteiger partial charge is 0.260 e. The van der Waals surface area contributed by atoms with Gasteiger partial charge >= 0.3 is 0 Å². The van der Waals surface area contributed by atoms with Crippen LogP contribution in [0.15, 0.2) is 50.6 Å². The first-order chi connectivity index (χ1) is 9.82. The highest BCUT2D eigenvalue weighted by Gasteiger charge is 2.17. The number of hydrogen-bond donors (Lipinski definition) is 1. The third kappa shape index (κ3) is 3.34. The number of hydrogen-bond acceptors (Lipinski definition) is 4. The van der Waals surface area contributed by atoms with Crippen LogP contribution in [-0.4, -0.2) is 32.7 Å². The van der Waals surface area contributed by atoms with E-state index in [1.807, 2.05) is 0 Å². The first kappa shape index (κ1) is 15.7. The normalized spacial score (nSPS) is 11.6. The fourth-order valence-electron chi connectivity index (χ4n) is 1.58. The number of halogens is 1. The van der Waals surface area contributed by atoms with Crippen molar-refractivity contribution < 1.29 is 17.6 Å². The SMILES string of the molecule is CN(C)S(=O)(=O)c1ccc(NC(=O)c2ccoc2Br)cc1. The zero-order valence-corrected chi connectivity index (χ0v) is 13.7. The molecule has 0 aliphatic heterocycles. The maximum Gasteiger partial charge on any atom is 0.260 e. The minimum absolute atomic E-state index is 0.162. The lowest BCUT2D eigenvalue weighted by Gasteiger charge is -2.11. The molecule has 1 aromatic heterocycles. The summed E-state index contributed by atoms with van der Waals surface area (Å²) in [5.41, 5.74) is 0.853. The summed E-state index contributed by atoms with van der Waals surface area (Å²) in [6.45, 7) is 0. The lowest BCUT2D eigenvalue weighted by atomic mass is 10.3. The molecule has 0 bridgehead atoms. The molecular formula is C13H13BrN2O4S. The van der Waals surface area contributed by atoms with Gasteiger partial charge in [0.1, 0.15) is 0 Å². The minimum atomic E-state index is -3.47. The standard InChI is InChI=1S/C13H13BrN2O4S/c1-16(2)21(18,19)10-5-3-9(4-6-10)15-13(17)11-7-8-20-12(11)14/h3-8H,1-2H3,(H,15,17). The number of amides is 1. The average Bonchev–Trinajstić information content (AvgIpc) is 2.85. The molecule has 1 amide bonds. The maximum atomic E-state index is 12.0. The van der Waals surface area contributed by atoms with E-state index in [0.29, 0.717) is 15.9 Å². The summed E-state index contributed by atoms with van der Waals surface area (Å²) in [6, 6.07) is 7.47. The summed E-state index contributed by atoms with van der Waals surface area (Å²) in [7, 11) is -0.554. The second-order valence-corrected chi connectivity index (χ2v) is 7.25. The van der Waals surface area contributed by atoms with Crippen LogP contribution in [0.5, 0.6) is 0 Å². The molecule has 8 heteroatoms. The van der Waals surface area contributed by atoms with E-state index in [-0.39, 0.29) is 10.8 Å². The Morgan fingerprint density at radius 3 is 2.29 bits per heavy atom. The highest BCUT2D eigenvalue weighted by molar-refractivity contribution is 9.10. The molecule has 0 fully saturated rings. The van der Waals surface area contributed by atoms with Gasteiger partial charge in [-0.1, -0.05) is 0 Å². The molecule has 0 saturated carbocycles. The van der Waals surface area contributed by atoms with E-state index in [1.54, 1.807) is 0 Å². The first-order valence-electron chi connectivity index (χ1n) is 5.89. The number of furan rings is 1. The van der Waals surface area contributed by atoms with Crippen LogP contribution < -0.4 is 5.32 Å². The Kier molecular flexibility index (Phi) is 4.50. The predicted molar refractivity (Wildman–Crippen MR) is 81.7 cm³/mol. The number of sulfonamides is 1. The third-order valence-electron chi connectivity index (χ3n) is 2.75. The fraction of sp³-hybridized carbons (Fsp3) is 0.154. The summed E-state index contributed by atoms with van der Waals surface area (Å²) in [6.07, 6.45) is 1.39. The highest BCUT2D eigenvalue weighted by atomic mass is 79.9. The van der Waals surface area contributed by atoms with Gasteiger partial charge in [-0.15, -0.1) is 0 Å². The largest absolute Gasteiger partial charge is 0.457 e. The molecule has 1 aromatic carbocycles. The van der Waals surface area contributed by atoms with Crippen molar-refractivity contribution in [2.75, 3.05) is 19.4 Å².